The van der Waals surface area contributed by atoms with Crippen LogP contribution in [0.25, 0.3) is 0 Å². The SMILES string of the molecule is COc1ccc(NC(=O)N[C@@H]2[C@H](O)[C@@H](N3CCC(Cc4ccccc4)CC3)[C@@H]3OC[C@@H]2O3)cc1. The van der Waals surface area contributed by atoms with Crippen LogP contribution >= 0.6 is 0 Å². The van der Waals surface area contributed by atoms with Crippen molar-refractivity contribution < 1.29 is 24.1 Å². The summed E-state index contributed by atoms with van der Waals surface area (Å²) >= 11 is 0. The number of urea groups is 1. The summed E-state index contributed by atoms with van der Waals surface area (Å²) in [5, 5.41) is 17.0. The molecule has 5 atom stereocenters. The fourth-order valence-electron chi connectivity index (χ4n) is 5.36. The first kappa shape index (κ1) is 23.1. The molecule has 0 unspecified atom stereocenters. The van der Waals surface area contributed by atoms with E-state index in [0.717, 1.165) is 32.4 Å². The third-order valence-electron chi connectivity index (χ3n) is 7.21. The topological polar surface area (TPSA) is 92.3 Å². The van der Waals surface area contributed by atoms with Gasteiger partial charge >= 0.3 is 6.03 Å². The van der Waals surface area contributed by atoms with Gasteiger partial charge in [-0.15, -0.1) is 0 Å². The number of hydrogen-bond acceptors (Lipinski definition) is 6. The second kappa shape index (κ2) is 10.3. The number of nitrogens with one attached hydrogen (secondary N) is 2. The number of fused-ring (bicyclic) bond motifs is 2. The third kappa shape index (κ3) is 5.05. The predicted octanol–water partition coefficient (Wildman–Crippen LogP) is 2.62. The lowest BCUT2D eigenvalue weighted by molar-refractivity contribution is -0.184. The second-order valence-corrected chi connectivity index (χ2v) is 9.38. The number of carbonyl (C=O) groups excluding carboxylic acids is 1. The zero-order valence-corrected chi connectivity index (χ0v) is 19.4. The van der Waals surface area contributed by atoms with E-state index in [1.165, 1.54) is 5.56 Å². The van der Waals surface area contributed by atoms with E-state index < -0.39 is 18.4 Å². The molecule has 3 aliphatic rings. The van der Waals surface area contributed by atoms with Crippen molar-refractivity contribution in [2.75, 3.05) is 32.1 Å². The van der Waals surface area contributed by atoms with E-state index in [2.05, 4.69) is 39.8 Å². The lowest BCUT2D eigenvalue weighted by Gasteiger charge is -2.46. The van der Waals surface area contributed by atoms with E-state index >= 15 is 0 Å². The fourth-order valence-corrected chi connectivity index (χ4v) is 5.36. The Kier molecular flexibility index (Phi) is 7.01. The lowest BCUT2D eigenvalue weighted by Crippen LogP contribution is -2.66. The Hall–Kier alpha value is -2.65. The van der Waals surface area contributed by atoms with Crippen LogP contribution in [0.15, 0.2) is 54.6 Å². The maximum Gasteiger partial charge on any atom is 0.319 e. The molecule has 0 aromatic heterocycles. The predicted molar refractivity (Wildman–Crippen MR) is 128 cm³/mol. The molecule has 2 aromatic carbocycles. The largest absolute Gasteiger partial charge is 0.497 e. The number of methoxy groups -OCH3 is 1. The molecule has 0 saturated carbocycles. The highest BCUT2D eigenvalue weighted by atomic mass is 16.7. The van der Waals surface area contributed by atoms with Gasteiger partial charge in [-0.25, -0.2) is 4.79 Å². The molecule has 5 rings (SSSR count). The van der Waals surface area contributed by atoms with Crippen molar-refractivity contribution in [2.24, 2.45) is 5.92 Å². The highest BCUT2D eigenvalue weighted by Crippen LogP contribution is 2.34. The van der Waals surface area contributed by atoms with Crippen LogP contribution in [0.4, 0.5) is 10.5 Å². The van der Waals surface area contributed by atoms with Crippen LogP contribution in [0.3, 0.4) is 0 Å². The van der Waals surface area contributed by atoms with Gasteiger partial charge in [0.05, 0.1) is 31.9 Å². The quantitative estimate of drug-likeness (QED) is 0.605. The Morgan fingerprint density at radius 1 is 1.12 bits per heavy atom. The van der Waals surface area contributed by atoms with E-state index in [4.69, 9.17) is 14.2 Å². The number of anilines is 1. The zero-order chi connectivity index (χ0) is 23.5. The van der Waals surface area contributed by atoms with Crippen LogP contribution in [0.5, 0.6) is 5.75 Å². The van der Waals surface area contributed by atoms with Crippen molar-refractivity contribution in [3.05, 3.63) is 60.2 Å². The molecule has 0 spiro atoms. The average molecular weight is 468 g/mol. The van der Waals surface area contributed by atoms with E-state index in [1.54, 1.807) is 31.4 Å². The summed E-state index contributed by atoms with van der Waals surface area (Å²) in [5.41, 5.74) is 2.01. The van der Waals surface area contributed by atoms with Gasteiger partial charge < -0.3 is 30.0 Å². The molecule has 0 aliphatic carbocycles. The van der Waals surface area contributed by atoms with Crippen molar-refractivity contribution >= 4 is 11.7 Å². The first-order valence-corrected chi connectivity index (χ1v) is 12.1. The smallest absolute Gasteiger partial charge is 0.319 e. The third-order valence-corrected chi connectivity index (χ3v) is 7.21. The van der Waals surface area contributed by atoms with Crippen LogP contribution in [0.1, 0.15) is 18.4 Å². The van der Waals surface area contributed by atoms with Gasteiger partial charge in [0.2, 0.25) is 0 Å². The lowest BCUT2D eigenvalue weighted by atomic mass is 9.87. The molecule has 3 fully saturated rings. The van der Waals surface area contributed by atoms with E-state index in [-0.39, 0.29) is 18.2 Å². The van der Waals surface area contributed by atoms with Crippen LogP contribution < -0.4 is 15.4 Å². The molecule has 8 nitrogen and oxygen atoms in total. The number of rotatable bonds is 6. The highest BCUT2D eigenvalue weighted by molar-refractivity contribution is 5.89. The first-order valence-electron chi connectivity index (χ1n) is 12.1. The summed E-state index contributed by atoms with van der Waals surface area (Å²) in [6.45, 7) is 2.10. The molecule has 0 radical (unpaired) electrons. The number of carbonyl (C=O) groups is 1. The Morgan fingerprint density at radius 2 is 1.85 bits per heavy atom. The number of likely N-dealkylation sites (tertiary alicyclic amines) is 1. The molecular weight excluding hydrogens is 434 g/mol. The van der Waals surface area contributed by atoms with Crippen molar-refractivity contribution in [3.8, 4) is 5.75 Å². The van der Waals surface area contributed by atoms with Crippen molar-refractivity contribution in [1.82, 2.24) is 10.2 Å². The van der Waals surface area contributed by atoms with Gasteiger partial charge in [-0.1, -0.05) is 30.3 Å². The summed E-state index contributed by atoms with van der Waals surface area (Å²) < 4.78 is 17.1. The summed E-state index contributed by atoms with van der Waals surface area (Å²) in [7, 11) is 1.60. The minimum absolute atomic E-state index is 0.303. The van der Waals surface area contributed by atoms with E-state index in [1.807, 2.05) is 6.07 Å². The number of piperidine rings is 1. The maximum absolute atomic E-state index is 12.7. The number of hydrogen-bond donors (Lipinski definition) is 3. The van der Waals surface area contributed by atoms with Gasteiger partial charge in [0.15, 0.2) is 6.29 Å². The average Bonchev–Trinajstić information content (AvgIpc) is 3.29. The first-order chi connectivity index (χ1) is 16.6. The molecule has 2 bridgehead atoms. The van der Waals surface area contributed by atoms with Crippen molar-refractivity contribution in [3.63, 3.8) is 0 Å². The number of aliphatic hydroxyl groups excluding tert-OH is 1. The Balaban J connectivity index is 1.18. The van der Waals surface area contributed by atoms with Crippen LogP contribution in [-0.4, -0.2) is 73.4 Å². The van der Waals surface area contributed by atoms with E-state index in [0.29, 0.717) is 24.0 Å². The zero-order valence-electron chi connectivity index (χ0n) is 19.4. The Morgan fingerprint density at radius 3 is 2.56 bits per heavy atom. The van der Waals surface area contributed by atoms with Gasteiger partial charge in [-0.2, -0.15) is 0 Å². The van der Waals surface area contributed by atoms with Crippen LogP contribution in [0.2, 0.25) is 0 Å². The monoisotopic (exact) mass is 467 g/mol. The summed E-state index contributed by atoms with van der Waals surface area (Å²) in [5.74, 6) is 1.34. The Bertz CT molecular complexity index is 949. The number of nitrogens with zero attached hydrogens (tertiary/aromatic N) is 1. The van der Waals surface area contributed by atoms with Crippen LogP contribution in [-0.2, 0) is 15.9 Å². The summed E-state index contributed by atoms with van der Waals surface area (Å²) in [6, 6.07) is 16.4. The second-order valence-electron chi connectivity index (χ2n) is 9.38. The van der Waals surface area contributed by atoms with E-state index in [9.17, 15) is 9.90 Å². The minimum atomic E-state index is -0.779. The number of aliphatic hydroxyl groups is 1. The molecule has 2 aromatic rings. The van der Waals surface area contributed by atoms with Gasteiger partial charge in [0.25, 0.3) is 0 Å². The van der Waals surface area contributed by atoms with Gasteiger partial charge in [-0.3, -0.25) is 4.90 Å². The number of ether oxygens (including phenoxy) is 3. The molecule has 34 heavy (non-hydrogen) atoms. The normalized spacial score (nSPS) is 29.5. The number of benzene rings is 2. The molecular formula is C26H33N3O5. The molecule has 2 amide bonds. The molecule has 3 aliphatic heterocycles. The Labute approximate surface area is 200 Å². The molecule has 3 heterocycles. The minimum Gasteiger partial charge on any atom is -0.497 e. The summed E-state index contributed by atoms with van der Waals surface area (Å²) in [6.07, 6.45) is 1.59. The molecule has 182 valence electrons. The summed E-state index contributed by atoms with van der Waals surface area (Å²) in [4.78, 5) is 15.0. The molecule has 3 N–H and O–H groups in total. The van der Waals surface area contributed by atoms with Crippen molar-refractivity contribution in [2.45, 2.75) is 49.8 Å². The van der Waals surface area contributed by atoms with Gasteiger partial charge in [0, 0.05) is 5.69 Å². The standard InChI is InChI=1S/C26H33N3O5/c1-32-20-9-7-19(8-10-20)27-26(31)28-22-21-16-33-25(34-21)23(24(22)30)29-13-11-18(12-14-29)15-17-5-3-2-4-6-17/h2-10,18,21-25,30H,11-16H2,1H3,(H2,27,28,31)/t21-,22-,23+,24-,25+/m0/s1. The fraction of sp³-hybridized carbons (Fsp3) is 0.500. The molecule has 8 heteroatoms. The van der Waals surface area contributed by atoms with Gasteiger partial charge in [0.1, 0.15) is 11.9 Å². The van der Waals surface area contributed by atoms with Crippen LogP contribution in [0, 0.1) is 5.92 Å². The maximum atomic E-state index is 12.7. The van der Waals surface area contributed by atoms with Crippen molar-refractivity contribution in [1.29, 1.82) is 0 Å². The van der Waals surface area contributed by atoms with Gasteiger partial charge in [-0.05, 0) is 68.1 Å². The number of amides is 2. The highest BCUT2D eigenvalue weighted by Gasteiger charge is 2.52. The molecule has 3 saturated heterocycles.